The van der Waals surface area contributed by atoms with Gasteiger partial charge in [-0.2, -0.15) is 0 Å². The van der Waals surface area contributed by atoms with Crippen LogP contribution in [0.5, 0.6) is 5.75 Å². The van der Waals surface area contributed by atoms with E-state index < -0.39 is 18.6 Å². The van der Waals surface area contributed by atoms with E-state index in [0.29, 0.717) is 31.3 Å². The molecule has 3 aromatic carbocycles. The van der Waals surface area contributed by atoms with Crippen molar-refractivity contribution >= 4 is 29.4 Å². The molecular weight excluding hydrogens is 484 g/mol. The number of nitrogens with one attached hydrogen (secondary N) is 1. The first-order valence-electron chi connectivity index (χ1n) is 12.5. The van der Waals surface area contributed by atoms with E-state index in [1.54, 1.807) is 0 Å². The fourth-order valence-electron chi connectivity index (χ4n) is 4.78. The number of rotatable bonds is 10. The predicted octanol–water partition coefficient (Wildman–Crippen LogP) is 3.48. The number of carboxylic acids is 1. The van der Waals surface area contributed by atoms with E-state index in [0.717, 1.165) is 22.4 Å². The van der Waals surface area contributed by atoms with Crippen LogP contribution in [0.15, 0.2) is 83.9 Å². The fourth-order valence-corrected chi connectivity index (χ4v) is 4.78. The molecule has 9 heteroatoms. The summed E-state index contributed by atoms with van der Waals surface area (Å²) in [7, 11) is 0. The Morgan fingerprint density at radius 2 is 1.68 bits per heavy atom. The number of aliphatic carboxylic acids is 1. The summed E-state index contributed by atoms with van der Waals surface area (Å²) in [5, 5.41) is 12.4. The summed E-state index contributed by atoms with van der Waals surface area (Å²) >= 11 is 0. The first kappa shape index (κ1) is 25.0. The maximum absolute atomic E-state index is 13.4. The van der Waals surface area contributed by atoms with Gasteiger partial charge in [0.25, 0.3) is 0 Å². The lowest BCUT2D eigenvalue weighted by molar-refractivity contribution is -0.145. The van der Waals surface area contributed by atoms with Gasteiger partial charge in [-0.25, -0.2) is 4.99 Å². The summed E-state index contributed by atoms with van der Waals surface area (Å²) in [6, 6.07) is 24.0. The lowest BCUT2D eigenvalue weighted by atomic mass is 9.96. The van der Waals surface area contributed by atoms with Crippen molar-refractivity contribution in [3.63, 3.8) is 0 Å². The summed E-state index contributed by atoms with van der Waals surface area (Å²) in [5.41, 5.74) is 3.44. The minimum Gasteiger partial charge on any atom is -0.494 e. The highest BCUT2D eigenvalue weighted by Gasteiger charge is 2.30. The molecule has 1 saturated heterocycles. The number of ether oxygens (including phenoxy) is 1. The molecule has 0 bridgehead atoms. The third kappa shape index (κ3) is 5.67. The Kier molecular flexibility index (Phi) is 7.35. The molecule has 0 unspecified atom stereocenters. The normalized spacial score (nSPS) is 13.9. The monoisotopic (exact) mass is 512 g/mol. The molecule has 2 aliphatic rings. The molecule has 0 atom stereocenters. The molecule has 2 heterocycles. The van der Waals surface area contributed by atoms with Crippen LogP contribution in [0, 0.1) is 0 Å². The van der Waals surface area contributed by atoms with Crippen molar-refractivity contribution in [2.45, 2.75) is 25.4 Å². The number of aliphatic imine (C=N–C) groups is 1. The largest absolute Gasteiger partial charge is 0.494 e. The predicted molar refractivity (Wildman–Crippen MR) is 141 cm³/mol. The molecule has 0 radical (unpaired) electrons. The van der Waals surface area contributed by atoms with Crippen molar-refractivity contribution in [1.82, 2.24) is 15.1 Å². The molecule has 0 spiro atoms. The Balaban J connectivity index is 1.24. The van der Waals surface area contributed by atoms with Crippen molar-refractivity contribution in [2.24, 2.45) is 4.99 Å². The fraction of sp³-hybridized carbons (Fsp3) is 0.241. The molecule has 1 fully saturated rings. The van der Waals surface area contributed by atoms with Crippen LogP contribution in [0.2, 0.25) is 0 Å². The molecule has 3 aromatic rings. The average Bonchev–Trinajstić information content (AvgIpc) is 3.28. The molecule has 5 rings (SSSR count). The number of hydrogen-bond donors (Lipinski definition) is 2. The molecule has 9 nitrogen and oxygen atoms in total. The second kappa shape index (κ2) is 11.2. The number of nitrogens with zero attached hydrogens (tertiary/aromatic N) is 3. The summed E-state index contributed by atoms with van der Waals surface area (Å²) in [5.74, 6) is -0.170. The van der Waals surface area contributed by atoms with Gasteiger partial charge in [0, 0.05) is 18.5 Å². The zero-order valence-corrected chi connectivity index (χ0v) is 20.7. The Morgan fingerprint density at radius 3 is 2.34 bits per heavy atom. The summed E-state index contributed by atoms with van der Waals surface area (Å²) in [4.78, 5) is 44.5. The number of hydrogen-bond acceptors (Lipinski definition) is 6. The molecule has 0 saturated carbocycles. The van der Waals surface area contributed by atoms with Crippen molar-refractivity contribution in [1.29, 1.82) is 0 Å². The van der Waals surface area contributed by atoms with E-state index >= 15 is 0 Å². The molecule has 0 aromatic heterocycles. The molecule has 2 N–H and O–H groups in total. The SMILES string of the molecule is O=C(O)CN(C(=O)CCCOc1ccc2c(c1)CN1CC(=O)NC1=N2)C(c1ccccc1)c1ccccc1. The Hall–Kier alpha value is -4.66. The van der Waals surface area contributed by atoms with Crippen LogP contribution in [0.1, 0.15) is 35.6 Å². The lowest BCUT2D eigenvalue weighted by Gasteiger charge is -2.31. The smallest absolute Gasteiger partial charge is 0.323 e. The maximum atomic E-state index is 13.4. The first-order valence-corrected chi connectivity index (χ1v) is 12.5. The van der Waals surface area contributed by atoms with Gasteiger partial charge in [0.05, 0.1) is 18.3 Å². The lowest BCUT2D eigenvalue weighted by Crippen LogP contribution is -2.39. The van der Waals surface area contributed by atoms with Crippen LogP contribution < -0.4 is 10.1 Å². The van der Waals surface area contributed by atoms with Gasteiger partial charge >= 0.3 is 5.97 Å². The number of carbonyl (C=O) groups is 3. The maximum Gasteiger partial charge on any atom is 0.323 e. The number of guanidine groups is 1. The van der Waals surface area contributed by atoms with Gasteiger partial charge in [-0.3, -0.25) is 19.7 Å². The van der Waals surface area contributed by atoms with Gasteiger partial charge in [0.1, 0.15) is 18.8 Å². The number of carbonyl (C=O) groups excluding carboxylic acids is 2. The van der Waals surface area contributed by atoms with Gasteiger partial charge in [-0.1, -0.05) is 60.7 Å². The molecular formula is C29H28N4O5. The summed E-state index contributed by atoms with van der Waals surface area (Å²) in [6.45, 7) is 0.735. The van der Waals surface area contributed by atoms with Crippen LogP contribution in [0.25, 0.3) is 0 Å². The van der Waals surface area contributed by atoms with E-state index in [1.165, 1.54) is 4.90 Å². The number of carboxylic acid groups (broad SMARTS) is 1. The van der Waals surface area contributed by atoms with Gasteiger partial charge in [-0.15, -0.1) is 0 Å². The number of benzene rings is 3. The summed E-state index contributed by atoms with van der Waals surface area (Å²) < 4.78 is 5.91. The highest BCUT2D eigenvalue weighted by molar-refractivity contribution is 6.05. The van der Waals surface area contributed by atoms with Crippen molar-refractivity contribution in [3.8, 4) is 5.75 Å². The Morgan fingerprint density at radius 1 is 1.00 bits per heavy atom. The van der Waals surface area contributed by atoms with Crippen LogP contribution >= 0.6 is 0 Å². The van der Waals surface area contributed by atoms with Crippen LogP contribution in [0.4, 0.5) is 5.69 Å². The second-order valence-electron chi connectivity index (χ2n) is 9.22. The van der Waals surface area contributed by atoms with Crippen LogP contribution in [-0.2, 0) is 20.9 Å². The second-order valence-corrected chi connectivity index (χ2v) is 9.22. The van der Waals surface area contributed by atoms with E-state index in [-0.39, 0.29) is 24.8 Å². The van der Waals surface area contributed by atoms with Gasteiger partial charge in [0.15, 0.2) is 0 Å². The zero-order chi connectivity index (χ0) is 26.5. The highest BCUT2D eigenvalue weighted by Crippen LogP contribution is 2.31. The molecule has 2 amide bonds. The number of amides is 2. The van der Waals surface area contributed by atoms with Gasteiger partial charge < -0.3 is 19.6 Å². The standard InChI is InChI=1S/C29H28N4O5/c34-25-18-32-17-22-16-23(13-14-24(22)30-29(32)31-25)38-15-7-12-26(35)33(19-27(36)37)28(20-8-3-1-4-9-20)21-10-5-2-6-11-21/h1-6,8-11,13-14,16,28H,7,12,15,17-19H2,(H,36,37)(H,30,31,34). The third-order valence-corrected chi connectivity index (χ3v) is 6.50. The minimum absolute atomic E-state index is 0.0728. The van der Waals surface area contributed by atoms with Gasteiger partial charge in [0.2, 0.25) is 17.8 Å². The Bertz CT molecular complexity index is 1320. The average molecular weight is 513 g/mol. The zero-order valence-electron chi connectivity index (χ0n) is 20.7. The molecule has 194 valence electrons. The minimum atomic E-state index is -1.07. The first-order chi connectivity index (χ1) is 18.5. The van der Waals surface area contributed by atoms with E-state index in [1.807, 2.05) is 83.8 Å². The van der Waals surface area contributed by atoms with Crippen LogP contribution in [0.3, 0.4) is 0 Å². The van der Waals surface area contributed by atoms with E-state index in [2.05, 4.69) is 10.3 Å². The summed E-state index contributed by atoms with van der Waals surface area (Å²) in [6.07, 6.45) is 0.568. The van der Waals surface area contributed by atoms with Gasteiger partial charge in [-0.05, 0) is 35.7 Å². The third-order valence-electron chi connectivity index (χ3n) is 6.50. The van der Waals surface area contributed by atoms with Crippen molar-refractivity contribution in [3.05, 3.63) is 95.6 Å². The topological polar surface area (TPSA) is 112 Å². The quantitative estimate of drug-likeness (QED) is 0.403. The van der Waals surface area contributed by atoms with Crippen molar-refractivity contribution < 1.29 is 24.2 Å². The molecule has 0 aliphatic carbocycles. The van der Waals surface area contributed by atoms with E-state index in [4.69, 9.17) is 4.74 Å². The molecule has 38 heavy (non-hydrogen) atoms. The highest BCUT2D eigenvalue weighted by atomic mass is 16.5. The number of fused-ring (bicyclic) bond motifs is 2. The molecule has 2 aliphatic heterocycles. The van der Waals surface area contributed by atoms with Crippen molar-refractivity contribution in [2.75, 3.05) is 19.7 Å². The van der Waals surface area contributed by atoms with Crippen LogP contribution in [-0.4, -0.2) is 58.3 Å². The van der Waals surface area contributed by atoms with E-state index in [9.17, 15) is 19.5 Å². The Labute approximate surface area is 220 Å².